The average Bonchev–Trinajstić information content (AvgIpc) is 2.46. The van der Waals surface area contributed by atoms with Gasteiger partial charge in [-0.1, -0.05) is 20.3 Å². The van der Waals surface area contributed by atoms with E-state index in [1.165, 1.54) is 24.9 Å². The number of aromatic nitrogens is 1. The fourth-order valence-corrected chi connectivity index (χ4v) is 2.43. The van der Waals surface area contributed by atoms with Crippen molar-refractivity contribution in [3.05, 3.63) is 24.0 Å². The maximum absolute atomic E-state index is 4.21. The molecule has 1 aromatic heterocycles. The standard InChI is InChI=1S/C13H20N2/c1-10-9-11(6-8-14-10)15-12-5-4-7-13(12,2)3/h6,8-9,12H,4-5,7H2,1-3H3,(H,14,15). The number of nitrogens with zero attached hydrogens (tertiary/aromatic N) is 1. The summed E-state index contributed by atoms with van der Waals surface area (Å²) in [6.07, 6.45) is 5.83. The van der Waals surface area contributed by atoms with Gasteiger partial charge in [0.05, 0.1) is 0 Å². The van der Waals surface area contributed by atoms with Crippen molar-refractivity contribution in [3.63, 3.8) is 0 Å². The predicted molar refractivity (Wildman–Crippen MR) is 64.0 cm³/mol. The smallest absolute Gasteiger partial charge is 0.0393 e. The molecule has 15 heavy (non-hydrogen) atoms. The van der Waals surface area contributed by atoms with Gasteiger partial charge in [0.15, 0.2) is 0 Å². The molecule has 2 heteroatoms. The Hall–Kier alpha value is -1.05. The predicted octanol–water partition coefficient (Wildman–Crippen LogP) is 3.38. The van der Waals surface area contributed by atoms with E-state index in [2.05, 4.69) is 36.3 Å². The van der Waals surface area contributed by atoms with Crippen LogP contribution in [0.1, 0.15) is 38.8 Å². The fraction of sp³-hybridized carbons (Fsp3) is 0.615. The van der Waals surface area contributed by atoms with E-state index in [0.29, 0.717) is 11.5 Å². The summed E-state index contributed by atoms with van der Waals surface area (Å²) >= 11 is 0. The number of anilines is 1. The van der Waals surface area contributed by atoms with Crippen LogP contribution in [0.15, 0.2) is 18.3 Å². The third kappa shape index (κ3) is 2.31. The second-order valence-corrected chi connectivity index (χ2v) is 5.26. The van der Waals surface area contributed by atoms with Gasteiger partial charge in [0.25, 0.3) is 0 Å². The van der Waals surface area contributed by atoms with Crippen LogP contribution in [-0.2, 0) is 0 Å². The van der Waals surface area contributed by atoms with E-state index in [-0.39, 0.29) is 0 Å². The lowest BCUT2D eigenvalue weighted by Gasteiger charge is -2.28. The highest BCUT2D eigenvalue weighted by Crippen LogP contribution is 2.38. The molecule has 1 aliphatic carbocycles. The molecule has 0 bridgehead atoms. The van der Waals surface area contributed by atoms with E-state index >= 15 is 0 Å². The van der Waals surface area contributed by atoms with E-state index in [4.69, 9.17) is 0 Å². The summed E-state index contributed by atoms with van der Waals surface area (Å²) in [6.45, 7) is 6.74. The topological polar surface area (TPSA) is 24.9 Å². The minimum absolute atomic E-state index is 0.428. The van der Waals surface area contributed by atoms with Gasteiger partial charge < -0.3 is 5.32 Å². The lowest BCUT2D eigenvalue weighted by atomic mass is 9.87. The van der Waals surface area contributed by atoms with Crippen molar-refractivity contribution in [2.24, 2.45) is 5.41 Å². The molecule has 1 aromatic rings. The molecule has 1 heterocycles. The summed E-state index contributed by atoms with van der Waals surface area (Å²) in [5.41, 5.74) is 2.72. The fourth-order valence-electron chi connectivity index (χ4n) is 2.43. The lowest BCUT2D eigenvalue weighted by molar-refractivity contribution is 0.350. The first kappa shape index (κ1) is 10.5. The number of rotatable bonds is 2. The lowest BCUT2D eigenvalue weighted by Crippen LogP contribution is -2.30. The summed E-state index contributed by atoms with van der Waals surface area (Å²) in [4.78, 5) is 4.21. The van der Waals surface area contributed by atoms with Crippen molar-refractivity contribution in [2.75, 3.05) is 5.32 Å². The van der Waals surface area contributed by atoms with Crippen molar-refractivity contribution >= 4 is 5.69 Å². The Bertz CT molecular complexity index is 344. The molecule has 1 unspecified atom stereocenters. The molecule has 0 aliphatic heterocycles. The highest BCUT2D eigenvalue weighted by Gasteiger charge is 2.34. The summed E-state index contributed by atoms with van der Waals surface area (Å²) in [5, 5.41) is 3.63. The summed E-state index contributed by atoms with van der Waals surface area (Å²) in [5.74, 6) is 0. The number of hydrogen-bond acceptors (Lipinski definition) is 2. The van der Waals surface area contributed by atoms with Crippen molar-refractivity contribution in [2.45, 2.75) is 46.1 Å². The molecule has 1 fully saturated rings. The maximum Gasteiger partial charge on any atom is 0.0393 e. The van der Waals surface area contributed by atoms with Crippen LogP contribution in [0.3, 0.4) is 0 Å². The molecule has 0 saturated heterocycles. The molecule has 0 amide bonds. The van der Waals surface area contributed by atoms with Gasteiger partial charge >= 0.3 is 0 Å². The van der Waals surface area contributed by atoms with Crippen LogP contribution in [0.4, 0.5) is 5.69 Å². The molecule has 2 rings (SSSR count). The zero-order valence-electron chi connectivity index (χ0n) is 9.88. The summed E-state index contributed by atoms with van der Waals surface area (Å²) in [6, 6.07) is 4.79. The number of hydrogen-bond donors (Lipinski definition) is 1. The molecule has 2 nitrogen and oxygen atoms in total. The zero-order chi connectivity index (χ0) is 10.9. The van der Waals surface area contributed by atoms with Crippen molar-refractivity contribution in [3.8, 4) is 0 Å². The first-order chi connectivity index (χ1) is 7.08. The van der Waals surface area contributed by atoms with Gasteiger partial charge in [-0.15, -0.1) is 0 Å². The monoisotopic (exact) mass is 204 g/mol. The Kier molecular flexibility index (Phi) is 2.68. The Morgan fingerprint density at radius 3 is 2.87 bits per heavy atom. The first-order valence-corrected chi connectivity index (χ1v) is 5.77. The average molecular weight is 204 g/mol. The summed E-state index contributed by atoms with van der Waals surface area (Å²) in [7, 11) is 0. The Labute approximate surface area is 92.1 Å². The third-order valence-electron chi connectivity index (χ3n) is 3.49. The first-order valence-electron chi connectivity index (χ1n) is 5.77. The molecule has 1 atom stereocenters. The highest BCUT2D eigenvalue weighted by molar-refractivity contribution is 5.44. The molecule has 0 spiro atoms. The Balaban J connectivity index is 2.09. The number of pyridine rings is 1. The van der Waals surface area contributed by atoms with Crippen LogP contribution in [-0.4, -0.2) is 11.0 Å². The normalized spacial score (nSPS) is 24.1. The zero-order valence-corrected chi connectivity index (χ0v) is 9.88. The maximum atomic E-state index is 4.21. The highest BCUT2D eigenvalue weighted by atomic mass is 14.9. The molecule has 1 saturated carbocycles. The van der Waals surface area contributed by atoms with Gasteiger partial charge in [-0.3, -0.25) is 4.98 Å². The molecule has 1 aliphatic rings. The molecule has 1 N–H and O–H groups in total. The van der Waals surface area contributed by atoms with Crippen molar-refractivity contribution < 1.29 is 0 Å². The minimum Gasteiger partial charge on any atom is -0.382 e. The SMILES string of the molecule is Cc1cc(NC2CCCC2(C)C)ccn1. The van der Waals surface area contributed by atoms with Crippen molar-refractivity contribution in [1.82, 2.24) is 4.98 Å². The second kappa shape index (κ2) is 3.84. The Morgan fingerprint density at radius 1 is 1.47 bits per heavy atom. The largest absolute Gasteiger partial charge is 0.382 e. The van der Waals surface area contributed by atoms with Gasteiger partial charge in [-0.05, 0) is 37.3 Å². The van der Waals surface area contributed by atoms with Crippen LogP contribution in [0.5, 0.6) is 0 Å². The van der Waals surface area contributed by atoms with Crippen LogP contribution in [0.25, 0.3) is 0 Å². The summed E-state index contributed by atoms with van der Waals surface area (Å²) < 4.78 is 0. The van der Waals surface area contributed by atoms with Gasteiger partial charge in [-0.25, -0.2) is 0 Å². The van der Waals surface area contributed by atoms with E-state index in [9.17, 15) is 0 Å². The van der Waals surface area contributed by atoms with Crippen LogP contribution in [0, 0.1) is 12.3 Å². The number of nitrogens with one attached hydrogen (secondary N) is 1. The van der Waals surface area contributed by atoms with E-state index in [1.54, 1.807) is 0 Å². The molecule has 82 valence electrons. The van der Waals surface area contributed by atoms with Gasteiger partial charge in [-0.2, -0.15) is 0 Å². The van der Waals surface area contributed by atoms with E-state index in [0.717, 1.165) is 5.69 Å². The molecular formula is C13H20N2. The van der Waals surface area contributed by atoms with Crippen molar-refractivity contribution in [1.29, 1.82) is 0 Å². The van der Waals surface area contributed by atoms with Gasteiger partial charge in [0.2, 0.25) is 0 Å². The van der Waals surface area contributed by atoms with Crippen LogP contribution in [0.2, 0.25) is 0 Å². The molecule has 0 radical (unpaired) electrons. The van der Waals surface area contributed by atoms with Crippen LogP contribution < -0.4 is 5.32 Å². The molecular weight excluding hydrogens is 184 g/mol. The quantitative estimate of drug-likeness (QED) is 0.798. The minimum atomic E-state index is 0.428. The number of aryl methyl sites for hydroxylation is 1. The van der Waals surface area contributed by atoms with E-state index < -0.39 is 0 Å². The Morgan fingerprint density at radius 2 is 2.27 bits per heavy atom. The van der Waals surface area contributed by atoms with Gasteiger partial charge in [0, 0.05) is 23.6 Å². The van der Waals surface area contributed by atoms with Gasteiger partial charge in [0.1, 0.15) is 0 Å². The second-order valence-electron chi connectivity index (χ2n) is 5.26. The third-order valence-corrected chi connectivity index (χ3v) is 3.49. The molecule has 0 aromatic carbocycles. The van der Waals surface area contributed by atoms with Crippen LogP contribution >= 0.6 is 0 Å². The van der Waals surface area contributed by atoms with E-state index in [1.807, 2.05) is 13.1 Å².